The van der Waals surface area contributed by atoms with Crippen molar-refractivity contribution in [3.63, 3.8) is 0 Å². The van der Waals surface area contributed by atoms with Crippen molar-refractivity contribution in [1.29, 1.82) is 0 Å². The van der Waals surface area contributed by atoms with E-state index in [0.717, 1.165) is 22.5 Å². The van der Waals surface area contributed by atoms with Crippen LogP contribution in [0.5, 0.6) is 0 Å². The first-order valence-corrected chi connectivity index (χ1v) is 8.25. The van der Waals surface area contributed by atoms with Gasteiger partial charge >= 0.3 is 0 Å². The Bertz CT molecular complexity index is 793. The number of rotatable bonds is 6. The maximum Gasteiger partial charge on any atom is 0.118 e. The fourth-order valence-corrected chi connectivity index (χ4v) is 2.58. The lowest BCUT2D eigenvalue weighted by atomic mass is 10.0. The first-order valence-electron chi connectivity index (χ1n) is 8.25. The summed E-state index contributed by atoms with van der Waals surface area (Å²) < 4.78 is 1.95. The number of hydrogen-bond acceptors (Lipinski definition) is 4. The van der Waals surface area contributed by atoms with Crippen LogP contribution in [0.25, 0.3) is 11.2 Å². The van der Waals surface area contributed by atoms with Crippen LogP contribution in [0.1, 0.15) is 50.6 Å². The Morgan fingerprint density at radius 1 is 1.33 bits per heavy atom. The van der Waals surface area contributed by atoms with E-state index in [0.29, 0.717) is 17.6 Å². The summed E-state index contributed by atoms with van der Waals surface area (Å²) >= 11 is 0. The van der Waals surface area contributed by atoms with Crippen LogP contribution in [0.3, 0.4) is 0 Å². The van der Waals surface area contributed by atoms with Gasteiger partial charge in [-0.3, -0.25) is 0 Å². The van der Waals surface area contributed by atoms with Crippen LogP contribution >= 0.6 is 0 Å². The molecule has 0 aliphatic heterocycles. The van der Waals surface area contributed by atoms with E-state index in [1.807, 2.05) is 43.5 Å². The normalized spacial score (nSPS) is 12.7. The number of aryl methyl sites for hydroxylation is 1. The molecule has 5 heteroatoms. The standard InChI is InChI=1S/C19H27N5/c1-12(2)19-18(17-9-7-8-14(5)24(17)23-19)16(20)10-11-21-15(6)22-13(3)4/h7-13,22H,6,20H2,1-5H3/b16-10-,21-11?. The van der Waals surface area contributed by atoms with Crippen molar-refractivity contribution in [2.24, 2.45) is 10.7 Å². The second kappa shape index (κ2) is 7.34. The molecule has 0 atom stereocenters. The highest BCUT2D eigenvalue weighted by molar-refractivity contribution is 5.89. The molecule has 0 amide bonds. The zero-order chi connectivity index (χ0) is 17.9. The number of pyridine rings is 1. The zero-order valence-electron chi connectivity index (χ0n) is 15.2. The van der Waals surface area contributed by atoms with Crippen molar-refractivity contribution in [2.75, 3.05) is 0 Å². The number of hydrogen-bond donors (Lipinski definition) is 2. The molecule has 24 heavy (non-hydrogen) atoms. The zero-order valence-corrected chi connectivity index (χ0v) is 15.2. The predicted molar refractivity (Wildman–Crippen MR) is 102 cm³/mol. The minimum absolute atomic E-state index is 0.278. The second-order valence-electron chi connectivity index (χ2n) is 6.53. The highest BCUT2D eigenvalue weighted by Crippen LogP contribution is 2.27. The Kier molecular flexibility index (Phi) is 5.44. The van der Waals surface area contributed by atoms with Gasteiger partial charge in [0.1, 0.15) is 5.82 Å². The van der Waals surface area contributed by atoms with Crippen LogP contribution in [0, 0.1) is 6.92 Å². The van der Waals surface area contributed by atoms with Gasteiger partial charge in [-0.1, -0.05) is 26.5 Å². The van der Waals surface area contributed by atoms with Gasteiger partial charge in [-0.05, 0) is 44.9 Å². The van der Waals surface area contributed by atoms with Crippen LogP contribution in [0.4, 0.5) is 0 Å². The van der Waals surface area contributed by atoms with Crippen molar-refractivity contribution in [2.45, 2.75) is 46.6 Å². The van der Waals surface area contributed by atoms with E-state index in [1.165, 1.54) is 0 Å². The van der Waals surface area contributed by atoms with Crippen LogP contribution < -0.4 is 11.1 Å². The van der Waals surface area contributed by atoms with Gasteiger partial charge in [-0.2, -0.15) is 5.10 Å². The summed E-state index contributed by atoms with van der Waals surface area (Å²) in [6, 6.07) is 6.40. The molecule has 128 valence electrons. The maximum absolute atomic E-state index is 6.35. The summed E-state index contributed by atoms with van der Waals surface area (Å²) in [7, 11) is 0. The third-order valence-electron chi connectivity index (χ3n) is 3.65. The Morgan fingerprint density at radius 3 is 2.67 bits per heavy atom. The Morgan fingerprint density at radius 2 is 2.04 bits per heavy atom. The van der Waals surface area contributed by atoms with E-state index in [1.54, 1.807) is 12.3 Å². The lowest BCUT2D eigenvalue weighted by Gasteiger charge is -2.08. The van der Waals surface area contributed by atoms with Crippen LogP contribution in [-0.2, 0) is 0 Å². The first-order chi connectivity index (χ1) is 11.3. The minimum Gasteiger partial charge on any atom is -0.398 e. The molecule has 0 saturated carbocycles. The van der Waals surface area contributed by atoms with Crippen LogP contribution in [0.15, 0.2) is 41.7 Å². The van der Waals surface area contributed by atoms with E-state index < -0.39 is 0 Å². The van der Waals surface area contributed by atoms with Gasteiger partial charge < -0.3 is 11.1 Å². The van der Waals surface area contributed by atoms with Gasteiger partial charge in [0.2, 0.25) is 0 Å². The van der Waals surface area contributed by atoms with Crippen molar-refractivity contribution < 1.29 is 0 Å². The second-order valence-corrected chi connectivity index (χ2v) is 6.53. The fraction of sp³-hybridized carbons (Fsp3) is 0.368. The molecule has 0 bridgehead atoms. The monoisotopic (exact) mass is 325 g/mol. The van der Waals surface area contributed by atoms with Gasteiger partial charge in [0.05, 0.1) is 11.2 Å². The van der Waals surface area contributed by atoms with E-state index >= 15 is 0 Å². The molecule has 0 aliphatic carbocycles. The molecular weight excluding hydrogens is 298 g/mol. The predicted octanol–water partition coefficient (Wildman–Crippen LogP) is 3.61. The molecule has 0 fully saturated rings. The summed E-state index contributed by atoms with van der Waals surface area (Å²) in [5.41, 5.74) is 11.1. The highest BCUT2D eigenvalue weighted by atomic mass is 15.2. The first kappa shape index (κ1) is 17.8. The van der Waals surface area contributed by atoms with Crippen LogP contribution in [0.2, 0.25) is 0 Å². The molecule has 0 aliphatic rings. The lowest BCUT2D eigenvalue weighted by Crippen LogP contribution is -2.20. The number of allylic oxidation sites excluding steroid dienone is 1. The van der Waals surface area contributed by atoms with E-state index in [-0.39, 0.29) is 5.92 Å². The molecule has 5 nitrogen and oxygen atoms in total. The van der Waals surface area contributed by atoms with Crippen molar-refractivity contribution >= 4 is 17.4 Å². The highest BCUT2D eigenvalue weighted by Gasteiger charge is 2.17. The van der Waals surface area contributed by atoms with Crippen molar-refractivity contribution in [3.05, 3.63) is 53.6 Å². The number of nitrogens with two attached hydrogens (primary N) is 1. The third-order valence-corrected chi connectivity index (χ3v) is 3.65. The van der Waals surface area contributed by atoms with Gasteiger partial charge in [0.15, 0.2) is 0 Å². The summed E-state index contributed by atoms with van der Waals surface area (Å²) in [5, 5.41) is 7.88. The lowest BCUT2D eigenvalue weighted by molar-refractivity contribution is 0.666. The minimum atomic E-state index is 0.278. The summed E-state index contributed by atoms with van der Waals surface area (Å²) in [6.45, 7) is 14.2. The average molecular weight is 325 g/mol. The molecular formula is C19H27N5. The van der Waals surface area contributed by atoms with E-state index in [9.17, 15) is 0 Å². The molecule has 0 unspecified atom stereocenters. The Labute approximate surface area is 144 Å². The Balaban J connectivity index is 2.41. The molecule has 0 radical (unpaired) electrons. The molecule has 2 rings (SSSR count). The summed E-state index contributed by atoms with van der Waals surface area (Å²) in [5.74, 6) is 0.898. The number of aromatic nitrogens is 2. The van der Waals surface area contributed by atoms with Gasteiger partial charge in [-0.15, -0.1) is 0 Å². The molecule has 2 aromatic rings. The van der Waals surface area contributed by atoms with E-state index in [2.05, 4.69) is 30.7 Å². The van der Waals surface area contributed by atoms with Gasteiger partial charge in [-0.25, -0.2) is 9.51 Å². The van der Waals surface area contributed by atoms with Crippen molar-refractivity contribution in [3.8, 4) is 0 Å². The smallest absolute Gasteiger partial charge is 0.118 e. The largest absolute Gasteiger partial charge is 0.398 e. The maximum atomic E-state index is 6.35. The molecule has 2 heterocycles. The topological polar surface area (TPSA) is 67.7 Å². The molecule has 2 aromatic heterocycles. The number of fused-ring (bicyclic) bond motifs is 1. The number of nitrogens with one attached hydrogen (secondary N) is 1. The third kappa shape index (κ3) is 3.85. The average Bonchev–Trinajstić information content (AvgIpc) is 2.87. The molecule has 0 aromatic carbocycles. The number of nitrogens with zero attached hydrogens (tertiary/aromatic N) is 3. The van der Waals surface area contributed by atoms with E-state index in [4.69, 9.17) is 10.8 Å². The molecule has 0 spiro atoms. The Hall–Kier alpha value is -2.56. The fourth-order valence-electron chi connectivity index (χ4n) is 2.58. The van der Waals surface area contributed by atoms with Gasteiger partial charge in [0.25, 0.3) is 0 Å². The van der Waals surface area contributed by atoms with Crippen molar-refractivity contribution in [1.82, 2.24) is 14.9 Å². The number of aliphatic imine (C=N–C) groups is 1. The summed E-state index contributed by atoms with van der Waals surface area (Å²) in [6.07, 6.45) is 3.48. The van der Waals surface area contributed by atoms with Crippen LogP contribution in [-0.4, -0.2) is 21.9 Å². The SMILES string of the molecule is C=C(N=C/C=C(\N)c1c(C(C)C)nn2c(C)cccc12)NC(C)C. The molecule has 3 N–H and O–H groups in total. The van der Waals surface area contributed by atoms with Gasteiger partial charge in [0, 0.05) is 29.2 Å². The summed E-state index contributed by atoms with van der Waals surface area (Å²) in [4.78, 5) is 4.27. The molecule has 0 saturated heterocycles. The quantitative estimate of drug-likeness (QED) is 0.797.